The van der Waals surface area contributed by atoms with Gasteiger partial charge in [0.05, 0.1) is 19.2 Å². The Morgan fingerprint density at radius 1 is 1.25 bits per heavy atom. The molecule has 0 aliphatic carbocycles. The summed E-state index contributed by atoms with van der Waals surface area (Å²) in [5.74, 6) is -0.212. The zero-order valence-corrected chi connectivity index (χ0v) is 17.0. The molecule has 0 spiro atoms. The minimum Gasteiger partial charge on any atom is -0.460 e. The number of nitrogens with zero attached hydrogens (tertiary/aromatic N) is 1. The lowest BCUT2D eigenvalue weighted by Gasteiger charge is -2.36. The van der Waals surface area contributed by atoms with E-state index in [1.807, 2.05) is 51.1 Å². The maximum absolute atomic E-state index is 12.1. The highest BCUT2D eigenvalue weighted by atomic mass is 16.6. The third-order valence-electron chi connectivity index (χ3n) is 4.58. The summed E-state index contributed by atoms with van der Waals surface area (Å²) >= 11 is 0. The zero-order valence-electron chi connectivity index (χ0n) is 17.0. The van der Waals surface area contributed by atoms with Crippen LogP contribution in [0.5, 0.6) is 0 Å². The molecule has 1 aromatic rings. The Hall–Kier alpha value is -2.12. The van der Waals surface area contributed by atoms with E-state index in [-0.39, 0.29) is 37.7 Å². The van der Waals surface area contributed by atoms with Crippen LogP contribution in [0.4, 0.5) is 4.79 Å². The van der Waals surface area contributed by atoms with Crippen LogP contribution in [0, 0.1) is 5.92 Å². The molecule has 7 nitrogen and oxygen atoms in total. The number of amides is 1. The predicted molar refractivity (Wildman–Crippen MR) is 106 cm³/mol. The summed E-state index contributed by atoms with van der Waals surface area (Å²) in [4.78, 5) is 25.4. The van der Waals surface area contributed by atoms with Gasteiger partial charge in [0.25, 0.3) is 0 Å². The van der Waals surface area contributed by atoms with E-state index in [2.05, 4.69) is 5.32 Å². The molecule has 1 saturated heterocycles. The molecule has 0 aromatic heterocycles. The number of ether oxygens (including phenoxy) is 2. The highest BCUT2D eigenvalue weighted by Gasteiger charge is 2.32. The van der Waals surface area contributed by atoms with Crippen molar-refractivity contribution in [2.45, 2.75) is 51.9 Å². The lowest BCUT2D eigenvalue weighted by atomic mass is 9.91. The number of carbonyl (C=O) groups excluding carboxylic acids is 2. The molecule has 0 saturated carbocycles. The smallest absolute Gasteiger partial charge is 0.410 e. The number of likely N-dealkylation sites (tertiary alicyclic amines) is 1. The van der Waals surface area contributed by atoms with Crippen molar-refractivity contribution >= 4 is 12.1 Å². The molecule has 28 heavy (non-hydrogen) atoms. The highest BCUT2D eigenvalue weighted by molar-refractivity contribution is 5.71. The quantitative estimate of drug-likeness (QED) is 0.547. The van der Waals surface area contributed by atoms with Gasteiger partial charge in [-0.05, 0) is 51.6 Å². The van der Waals surface area contributed by atoms with Gasteiger partial charge in [-0.1, -0.05) is 30.3 Å². The third kappa shape index (κ3) is 7.86. The lowest BCUT2D eigenvalue weighted by Crippen LogP contribution is -2.48. The molecule has 2 N–H and O–H groups in total. The van der Waals surface area contributed by atoms with Crippen molar-refractivity contribution in [2.75, 3.05) is 26.2 Å². The number of aliphatic hydroxyl groups is 1. The fraction of sp³-hybridized carbons (Fsp3) is 0.619. The molecule has 1 amide bonds. The summed E-state index contributed by atoms with van der Waals surface area (Å²) in [7, 11) is 0. The summed E-state index contributed by atoms with van der Waals surface area (Å²) in [6.45, 7) is 7.33. The van der Waals surface area contributed by atoms with E-state index in [0.29, 0.717) is 19.5 Å². The number of aliphatic hydroxyl groups excluding tert-OH is 1. The van der Waals surface area contributed by atoms with Gasteiger partial charge < -0.3 is 24.8 Å². The number of benzene rings is 1. The van der Waals surface area contributed by atoms with Crippen molar-refractivity contribution in [1.29, 1.82) is 0 Å². The van der Waals surface area contributed by atoms with Crippen molar-refractivity contribution < 1.29 is 24.2 Å². The van der Waals surface area contributed by atoms with Crippen LogP contribution < -0.4 is 5.32 Å². The Labute approximate surface area is 167 Å². The van der Waals surface area contributed by atoms with Gasteiger partial charge >= 0.3 is 12.1 Å². The Morgan fingerprint density at radius 3 is 2.61 bits per heavy atom. The van der Waals surface area contributed by atoms with Gasteiger partial charge in [-0.25, -0.2) is 4.79 Å². The van der Waals surface area contributed by atoms with Gasteiger partial charge in [-0.15, -0.1) is 0 Å². The average Bonchev–Trinajstić information content (AvgIpc) is 2.64. The topological polar surface area (TPSA) is 88.1 Å². The van der Waals surface area contributed by atoms with Crippen LogP contribution in [0.1, 0.15) is 39.2 Å². The number of nitrogens with one attached hydrogen (secondary N) is 1. The maximum atomic E-state index is 12.1. The number of rotatable bonds is 7. The van der Waals surface area contributed by atoms with Crippen LogP contribution in [0.25, 0.3) is 0 Å². The van der Waals surface area contributed by atoms with Crippen molar-refractivity contribution in [3.63, 3.8) is 0 Å². The standard InChI is InChI=1S/C21H32N2O5/c1-21(2,3)28-20(26)23-12-10-17(18(24)14-23)9-11-22-13-19(25)27-15-16-7-5-4-6-8-16/h4-8,17-18,22,24H,9-15H2,1-3H3/t17-,18-/m1/s1. The molecule has 1 aliphatic rings. The average molecular weight is 392 g/mol. The molecule has 2 rings (SSSR count). The molecule has 156 valence electrons. The van der Waals surface area contributed by atoms with Crippen LogP contribution in [-0.4, -0.2) is 60.0 Å². The Balaban J connectivity index is 1.60. The third-order valence-corrected chi connectivity index (χ3v) is 4.58. The van der Waals surface area contributed by atoms with Gasteiger partial charge in [-0.2, -0.15) is 0 Å². The first-order valence-corrected chi connectivity index (χ1v) is 9.81. The minimum absolute atomic E-state index is 0.0894. The predicted octanol–water partition coefficient (Wildman–Crippen LogP) is 2.33. The number of esters is 1. The zero-order chi connectivity index (χ0) is 20.6. The number of piperidine rings is 1. The molecule has 1 fully saturated rings. The van der Waals surface area contributed by atoms with Crippen LogP contribution >= 0.6 is 0 Å². The molecular weight excluding hydrogens is 360 g/mol. The van der Waals surface area contributed by atoms with E-state index in [4.69, 9.17) is 9.47 Å². The van der Waals surface area contributed by atoms with Gasteiger partial charge in [0, 0.05) is 6.54 Å². The molecule has 0 unspecified atom stereocenters. The monoisotopic (exact) mass is 392 g/mol. The van der Waals surface area contributed by atoms with E-state index in [0.717, 1.165) is 12.0 Å². The van der Waals surface area contributed by atoms with Crippen LogP contribution in [0.15, 0.2) is 30.3 Å². The molecule has 2 atom stereocenters. The van der Waals surface area contributed by atoms with E-state index >= 15 is 0 Å². The molecular formula is C21H32N2O5. The SMILES string of the molecule is CC(C)(C)OC(=O)N1CC[C@@H](CCNCC(=O)OCc2ccccc2)[C@H](O)C1. The van der Waals surface area contributed by atoms with Gasteiger partial charge in [0.2, 0.25) is 0 Å². The second-order valence-electron chi connectivity index (χ2n) is 8.15. The minimum atomic E-state index is -0.590. The molecule has 0 radical (unpaired) electrons. The fourth-order valence-corrected chi connectivity index (χ4v) is 3.08. The Bertz CT molecular complexity index is 629. The summed E-state index contributed by atoms with van der Waals surface area (Å²) in [5.41, 5.74) is 0.411. The second kappa shape index (κ2) is 10.4. The second-order valence-corrected chi connectivity index (χ2v) is 8.15. The maximum Gasteiger partial charge on any atom is 0.410 e. The number of β-amino-alcohol motifs (C(OH)–C–C–N with tert-alkyl or cyclic N) is 1. The number of carbonyl (C=O) groups is 2. The number of hydrogen-bond donors (Lipinski definition) is 2. The lowest BCUT2D eigenvalue weighted by molar-refractivity contribution is -0.143. The van der Waals surface area contributed by atoms with Crippen LogP contribution in [0.3, 0.4) is 0 Å². The van der Waals surface area contributed by atoms with Crippen molar-refractivity contribution in [3.05, 3.63) is 35.9 Å². The summed E-state index contributed by atoms with van der Waals surface area (Å²) in [6.07, 6.45) is 0.466. The normalized spacial score (nSPS) is 19.9. The highest BCUT2D eigenvalue weighted by Crippen LogP contribution is 2.22. The molecule has 1 heterocycles. The van der Waals surface area contributed by atoms with E-state index in [9.17, 15) is 14.7 Å². The molecule has 0 bridgehead atoms. The Kier molecular flexibility index (Phi) is 8.26. The van der Waals surface area contributed by atoms with E-state index in [1.54, 1.807) is 4.90 Å². The first-order chi connectivity index (χ1) is 13.2. The number of hydrogen-bond acceptors (Lipinski definition) is 6. The summed E-state index contributed by atoms with van der Waals surface area (Å²) < 4.78 is 10.6. The molecule has 1 aliphatic heterocycles. The van der Waals surface area contributed by atoms with E-state index < -0.39 is 11.7 Å². The Morgan fingerprint density at radius 2 is 1.96 bits per heavy atom. The van der Waals surface area contributed by atoms with Gasteiger partial charge in [0.15, 0.2) is 0 Å². The summed E-state index contributed by atoms with van der Waals surface area (Å²) in [5, 5.41) is 13.4. The van der Waals surface area contributed by atoms with Crippen molar-refractivity contribution in [2.24, 2.45) is 5.92 Å². The first kappa shape index (κ1) is 22.2. The van der Waals surface area contributed by atoms with Gasteiger partial charge in [-0.3, -0.25) is 4.79 Å². The van der Waals surface area contributed by atoms with E-state index in [1.165, 1.54) is 0 Å². The van der Waals surface area contributed by atoms with Crippen LogP contribution in [0.2, 0.25) is 0 Å². The molecule has 1 aromatic carbocycles. The van der Waals surface area contributed by atoms with Crippen molar-refractivity contribution in [1.82, 2.24) is 10.2 Å². The first-order valence-electron chi connectivity index (χ1n) is 9.81. The fourth-order valence-electron chi connectivity index (χ4n) is 3.08. The molecule has 7 heteroatoms. The van der Waals surface area contributed by atoms with Crippen molar-refractivity contribution in [3.8, 4) is 0 Å². The van der Waals surface area contributed by atoms with Gasteiger partial charge in [0.1, 0.15) is 12.2 Å². The van der Waals surface area contributed by atoms with Crippen LogP contribution in [-0.2, 0) is 20.9 Å². The largest absolute Gasteiger partial charge is 0.460 e. The summed E-state index contributed by atoms with van der Waals surface area (Å²) in [6, 6.07) is 9.54.